The number of nitrogens with one attached hydrogen (secondary N) is 1. The minimum Gasteiger partial charge on any atom is -0.364 e. The first-order chi connectivity index (χ1) is 6.15. The number of carbonyl (C=O) groups is 1. The molecule has 70 valence electrons. The van der Waals surface area contributed by atoms with Gasteiger partial charge in [0.2, 0.25) is 5.69 Å². The van der Waals surface area contributed by atoms with Gasteiger partial charge in [0.25, 0.3) is 11.5 Å². The van der Waals surface area contributed by atoms with Crippen LogP contribution in [0, 0.1) is 0 Å². The topological polar surface area (TPSA) is 102 Å². The maximum atomic E-state index is 11.1. The Labute approximate surface area is 77.9 Å². The number of rotatable bonds is 3. The molecule has 0 aliphatic heterocycles. The van der Waals surface area contributed by atoms with Gasteiger partial charge in [0.05, 0.1) is 0 Å². The lowest BCUT2D eigenvalue weighted by atomic mass is 10.4. The molecule has 3 N–H and O–H groups in total. The van der Waals surface area contributed by atoms with Gasteiger partial charge >= 0.3 is 0 Å². The van der Waals surface area contributed by atoms with Gasteiger partial charge < -0.3 is 5.73 Å². The third-order valence-electron chi connectivity index (χ3n) is 1.19. The Bertz CT molecular complexity index is 375. The summed E-state index contributed by atoms with van der Waals surface area (Å²) in [6.45, 7) is 1.91. The molecule has 0 saturated carbocycles. The summed E-state index contributed by atoms with van der Waals surface area (Å²) in [4.78, 5) is 24.1. The number of carbonyl (C=O) groups excluding carboxylic acids is 1. The van der Waals surface area contributed by atoms with Gasteiger partial charge in [-0.25, -0.2) is 0 Å². The van der Waals surface area contributed by atoms with Crippen molar-refractivity contribution < 1.29 is 4.79 Å². The van der Waals surface area contributed by atoms with Gasteiger partial charge in [-0.1, -0.05) is 18.7 Å². The van der Waals surface area contributed by atoms with Gasteiger partial charge in [-0.05, 0) is 5.75 Å². The fourth-order valence-corrected chi connectivity index (χ4v) is 1.22. The van der Waals surface area contributed by atoms with Crippen molar-refractivity contribution in [2.45, 2.75) is 12.1 Å². The highest BCUT2D eigenvalue weighted by atomic mass is 32.2. The van der Waals surface area contributed by atoms with Crippen molar-refractivity contribution in [1.29, 1.82) is 0 Å². The van der Waals surface area contributed by atoms with Crippen LogP contribution in [-0.2, 0) is 0 Å². The normalized spacial score (nSPS) is 9.92. The standard InChI is InChI=1S/C6H8N4O2S/c1-2-13-6-8-5(12)3(4(7)11)9-10-6/h2H2,1H3,(H2,7,11)(H,8,10,12). The molecule has 0 bridgehead atoms. The van der Waals surface area contributed by atoms with Crippen LogP contribution in [0.5, 0.6) is 0 Å². The van der Waals surface area contributed by atoms with Gasteiger partial charge in [0.1, 0.15) is 0 Å². The van der Waals surface area contributed by atoms with E-state index in [0.29, 0.717) is 5.16 Å². The summed E-state index contributed by atoms with van der Waals surface area (Å²) < 4.78 is 0. The average Bonchev–Trinajstić information content (AvgIpc) is 2.04. The first-order valence-corrected chi connectivity index (χ1v) is 4.53. The molecule has 1 aromatic rings. The largest absolute Gasteiger partial charge is 0.364 e. The van der Waals surface area contributed by atoms with Crippen molar-refractivity contribution in [3.63, 3.8) is 0 Å². The van der Waals surface area contributed by atoms with E-state index in [2.05, 4.69) is 15.2 Å². The lowest BCUT2D eigenvalue weighted by Gasteiger charge is -1.96. The van der Waals surface area contributed by atoms with Crippen LogP contribution in [0.3, 0.4) is 0 Å². The second-order valence-corrected chi connectivity index (χ2v) is 3.36. The number of H-pyrrole nitrogens is 1. The molecule has 6 nitrogen and oxygen atoms in total. The number of nitrogens with two attached hydrogens (primary N) is 1. The summed E-state index contributed by atoms with van der Waals surface area (Å²) in [5, 5.41) is 7.40. The van der Waals surface area contributed by atoms with Gasteiger partial charge in [0, 0.05) is 0 Å². The van der Waals surface area contributed by atoms with E-state index in [1.165, 1.54) is 11.8 Å². The first kappa shape index (κ1) is 9.72. The average molecular weight is 200 g/mol. The predicted molar refractivity (Wildman–Crippen MR) is 47.6 cm³/mol. The summed E-state index contributed by atoms with van der Waals surface area (Å²) >= 11 is 1.33. The van der Waals surface area contributed by atoms with E-state index in [1.54, 1.807) is 0 Å². The number of aromatic nitrogens is 3. The fourth-order valence-electron chi connectivity index (χ4n) is 0.685. The maximum Gasteiger partial charge on any atom is 0.283 e. The van der Waals surface area contributed by atoms with Crippen molar-refractivity contribution in [2.24, 2.45) is 5.73 Å². The first-order valence-electron chi connectivity index (χ1n) is 3.54. The number of hydrogen-bond acceptors (Lipinski definition) is 5. The highest BCUT2D eigenvalue weighted by Crippen LogP contribution is 2.07. The Balaban J connectivity index is 3.06. The van der Waals surface area contributed by atoms with Gasteiger partial charge in [0.15, 0.2) is 5.16 Å². The highest BCUT2D eigenvalue weighted by Gasteiger charge is 2.09. The molecular weight excluding hydrogens is 192 g/mol. The molecule has 0 atom stereocenters. The van der Waals surface area contributed by atoms with Crippen LogP contribution in [0.4, 0.5) is 0 Å². The third-order valence-corrected chi connectivity index (χ3v) is 1.94. The Hall–Kier alpha value is -1.37. The smallest absolute Gasteiger partial charge is 0.283 e. The molecule has 0 unspecified atom stereocenters. The molecule has 1 rings (SSSR count). The second-order valence-electron chi connectivity index (χ2n) is 2.11. The van der Waals surface area contributed by atoms with Crippen LogP contribution in [0.1, 0.15) is 17.4 Å². The third kappa shape index (κ3) is 2.28. The molecule has 0 aromatic carbocycles. The van der Waals surface area contributed by atoms with Crippen LogP contribution < -0.4 is 11.3 Å². The molecule has 0 aliphatic carbocycles. The van der Waals surface area contributed by atoms with E-state index in [0.717, 1.165) is 5.75 Å². The number of primary amides is 1. The molecule has 0 aliphatic rings. The van der Waals surface area contributed by atoms with E-state index in [9.17, 15) is 9.59 Å². The zero-order chi connectivity index (χ0) is 9.84. The summed E-state index contributed by atoms with van der Waals surface area (Å²) in [7, 11) is 0. The monoisotopic (exact) mass is 200 g/mol. The van der Waals surface area contributed by atoms with Gasteiger partial charge in [-0.3, -0.25) is 14.6 Å². The Morgan fingerprint density at radius 3 is 2.77 bits per heavy atom. The molecule has 1 heterocycles. The zero-order valence-corrected chi connectivity index (χ0v) is 7.72. The zero-order valence-electron chi connectivity index (χ0n) is 6.90. The van der Waals surface area contributed by atoms with Gasteiger partial charge in [-0.2, -0.15) is 0 Å². The van der Waals surface area contributed by atoms with E-state index < -0.39 is 11.5 Å². The van der Waals surface area contributed by atoms with Crippen molar-refractivity contribution in [1.82, 2.24) is 15.2 Å². The molecule has 0 spiro atoms. The van der Waals surface area contributed by atoms with E-state index >= 15 is 0 Å². The predicted octanol–water partition coefficient (Wildman–Crippen LogP) is -0.624. The molecule has 13 heavy (non-hydrogen) atoms. The minimum atomic E-state index is -0.873. The summed E-state index contributed by atoms with van der Waals surface area (Å²) in [5.41, 5.74) is 3.91. The number of amides is 1. The van der Waals surface area contributed by atoms with Crippen LogP contribution in [0.25, 0.3) is 0 Å². The summed E-state index contributed by atoms with van der Waals surface area (Å²) in [6.07, 6.45) is 0. The highest BCUT2D eigenvalue weighted by molar-refractivity contribution is 7.99. The van der Waals surface area contributed by atoms with Crippen molar-refractivity contribution >= 4 is 17.7 Å². The number of thioether (sulfide) groups is 1. The van der Waals surface area contributed by atoms with Crippen molar-refractivity contribution in [2.75, 3.05) is 5.75 Å². The van der Waals surface area contributed by atoms with Gasteiger partial charge in [-0.15, -0.1) is 10.2 Å². The maximum absolute atomic E-state index is 11.1. The van der Waals surface area contributed by atoms with Crippen LogP contribution in [-0.4, -0.2) is 26.8 Å². The van der Waals surface area contributed by atoms with E-state index in [1.807, 2.05) is 6.92 Å². The Morgan fingerprint density at radius 1 is 1.62 bits per heavy atom. The molecule has 1 amide bonds. The quantitative estimate of drug-likeness (QED) is 0.633. The molecule has 1 aromatic heterocycles. The fraction of sp³-hybridized carbons (Fsp3) is 0.333. The lowest BCUT2D eigenvalue weighted by molar-refractivity contribution is 0.0992. The molecular formula is C6H8N4O2S. The van der Waals surface area contributed by atoms with Crippen molar-refractivity contribution in [3.05, 3.63) is 16.0 Å². The molecule has 0 radical (unpaired) electrons. The van der Waals surface area contributed by atoms with Crippen LogP contribution in [0.15, 0.2) is 9.95 Å². The Kier molecular flexibility index (Phi) is 3.02. The van der Waals surface area contributed by atoms with Crippen molar-refractivity contribution in [3.8, 4) is 0 Å². The summed E-state index contributed by atoms with van der Waals surface area (Å²) in [5.74, 6) is -0.109. The second kappa shape index (κ2) is 4.04. The lowest BCUT2D eigenvalue weighted by Crippen LogP contribution is -2.26. The minimum absolute atomic E-state index is 0.361. The Morgan fingerprint density at radius 2 is 2.31 bits per heavy atom. The van der Waals surface area contributed by atoms with Crippen LogP contribution in [0.2, 0.25) is 0 Å². The molecule has 0 saturated heterocycles. The summed E-state index contributed by atoms with van der Waals surface area (Å²) in [6, 6.07) is 0. The number of hydrogen-bond donors (Lipinski definition) is 2. The SMILES string of the molecule is CCSc1nnc(C(N)=O)c(=O)[nH]1. The van der Waals surface area contributed by atoms with E-state index in [-0.39, 0.29) is 5.69 Å². The van der Waals surface area contributed by atoms with Crippen LogP contribution >= 0.6 is 11.8 Å². The number of aromatic amines is 1. The molecule has 7 heteroatoms. The molecule has 0 fully saturated rings. The number of nitrogens with zero attached hydrogens (tertiary/aromatic N) is 2. The van der Waals surface area contributed by atoms with E-state index in [4.69, 9.17) is 5.73 Å².